The lowest BCUT2D eigenvalue weighted by Gasteiger charge is -2.24. The highest BCUT2D eigenvalue weighted by atomic mass is 16.6. The zero-order chi connectivity index (χ0) is 14.8. The monoisotopic (exact) mass is 284 g/mol. The minimum absolute atomic E-state index is 0.153. The van der Waals surface area contributed by atoms with E-state index in [4.69, 9.17) is 14.2 Å². The molecule has 1 heterocycles. The number of carbonyl (C=O) groups is 1. The molecule has 1 aliphatic heterocycles. The molecule has 0 aromatic heterocycles. The van der Waals surface area contributed by atoms with Gasteiger partial charge >= 0.3 is 5.97 Å². The number of hydrogen-bond donors (Lipinski definition) is 0. The molecule has 0 aliphatic carbocycles. The highest BCUT2D eigenvalue weighted by molar-refractivity contribution is 5.78. The first-order chi connectivity index (χ1) is 10.1. The summed E-state index contributed by atoms with van der Waals surface area (Å²) in [6, 6.07) is 12.9. The molecule has 0 spiro atoms. The maximum atomic E-state index is 12.2. The van der Waals surface area contributed by atoms with Gasteiger partial charge in [0.05, 0.1) is 0 Å². The van der Waals surface area contributed by atoms with E-state index in [0.717, 1.165) is 11.1 Å². The first-order valence-electron chi connectivity index (χ1n) is 6.80. The summed E-state index contributed by atoms with van der Waals surface area (Å²) in [5, 5.41) is 0. The van der Waals surface area contributed by atoms with E-state index in [0.29, 0.717) is 17.2 Å². The van der Waals surface area contributed by atoms with Crippen LogP contribution in [-0.4, -0.2) is 18.7 Å². The number of ether oxygens (including phenoxy) is 3. The Balaban J connectivity index is 1.72. The molecule has 0 amide bonds. The number of hydrogen-bond acceptors (Lipinski definition) is 4. The number of para-hydroxylation sites is 2. The molecule has 0 N–H and O–H groups in total. The Bertz CT molecular complexity index is 658. The summed E-state index contributed by atoms with van der Waals surface area (Å²) in [5.74, 6) is 1.29. The fourth-order valence-electron chi connectivity index (χ4n) is 2.31. The fourth-order valence-corrected chi connectivity index (χ4v) is 2.31. The van der Waals surface area contributed by atoms with Crippen LogP contribution >= 0.6 is 0 Å². The van der Waals surface area contributed by atoms with Crippen LogP contribution in [0.3, 0.4) is 0 Å². The van der Waals surface area contributed by atoms with E-state index in [-0.39, 0.29) is 6.61 Å². The molecule has 3 rings (SSSR count). The minimum atomic E-state index is -0.749. The van der Waals surface area contributed by atoms with E-state index < -0.39 is 12.1 Å². The molecule has 0 unspecified atom stereocenters. The van der Waals surface area contributed by atoms with Crippen LogP contribution in [0.15, 0.2) is 42.5 Å². The third-order valence-electron chi connectivity index (χ3n) is 3.19. The van der Waals surface area contributed by atoms with Crippen molar-refractivity contribution in [3.63, 3.8) is 0 Å². The van der Waals surface area contributed by atoms with Gasteiger partial charge in [0.15, 0.2) is 11.5 Å². The van der Waals surface area contributed by atoms with Gasteiger partial charge < -0.3 is 14.2 Å². The third kappa shape index (κ3) is 2.99. The second-order valence-corrected chi connectivity index (χ2v) is 5.11. The third-order valence-corrected chi connectivity index (χ3v) is 3.19. The van der Waals surface area contributed by atoms with Gasteiger partial charge in [-0.25, -0.2) is 4.79 Å². The first kappa shape index (κ1) is 13.5. The standard InChI is InChI=1S/C17H16O4/c1-11-7-12(2)9-13(8-11)20-17(18)16-10-19-14-5-3-4-6-15(14)21-16/h3-9,16H,10H2,1-2H3/t16-/m0/s1. The molecule has 4 heteroatoms. The van der Waals surface area contributed by atoms with Gasteiger partial charge in [0, 0.05) is 0 Å². The number of aryl methyl sites for hydroxylation is 2. The van der Waals surface area contributed by atoms with E-state index in [9.17, 15) is 4.79 Å². The van der Waals surface area contributed by atoms with Crippen LogP contribution in [-0.2, 0) is 4.79 Å². The van der Waals surface area contributed by atoms with Crippen molar-refractivity contribution in [2.45, 2.75) is 20.0 Å². The summed E-state index contributed by atoms with van der Waals surface area (Å²) in [4.78, 5) is 12.2. The van der Waals surface area contributed by atoms with Crippen LogP contribution in [0.5, 0.6) is 17.2 Å². The van der Waals surface area contributed by atoms with Gasteiger partial charge in [-0.1, -0.05) is 18.2 Å². The second-order valence-electron chi connectivity index (χ2n) is 5.11. The lowest BCUT2D eigenvalue weighted by atomic mass is 10.1. The number of fused-ring (bicyclic) bond motifs is 1. The van der Waals surface area contributed by atoms with E-state index >= 15 is 0 Å². The SMILES string of the molecule is Cc1cc(C)cc(OC(=O)[C@@H]2COc3ccccc3O2)c1. The molecule has 2 aromatic carbocycles. The van der Waals surface area contributed by atoms with Gasteiger partial charge in [-0.15, -0.1) is 0 Å². The summed E-state index contributed by atoms with van der Waals surface area (Å²) in [7, 11) is 0. The number of carbonyl (C=O) groups excluding carboxylic acids is 1. The van der Waals surface area contributed by atoms with Crippen LogP contribution in [0.4, 0.5) is 0 Å². The quantitative estimate of drug-likeness (QED) is 0.628. The van der Waals surface area contributed by atoms with E-state index in [1.54, 1.807) is 12.1 Å². The lowest BCUT2D eigenvalue weighted by molar-refractivity contribution is -0.144. The molecule has 21 heavy (non-hydrogen) atoms. The predicted octanol–water partition coefficient (Wildman–Crippen LogP) is 3.05. The van der Waals surface area contributed by atoms with Crippen molar-refractivity contribution >= 4 is 5.97 Å². The molecule has 0 radical (unpaired) electrons. The summed E-state index contributed by atoms with van der Waals surface area (Å²) < 4.78 is 16.5. The summed E-state index contributed by atoms with van der Waals surface area (Å²) in [6.45, 7) is 4.07. The van der Waals surface area contributed by atoms with Crippen molar-refractivity contribution in [3.05, 3.63) is 53.6 Å². The maximum absolute atomic E-state index is 12.2. The zero-order valence-electron chi connectivity index (χ0n) is 12.0. The lowest BCUT2D eigenvalue weighted by Crippen LogP contribution is -2.39. The Kier molecular flexibility index (Phi) is 3.52. The Morgan fingerprint density at radius 2 is 1.76 bits per heavy atom. The molecule has 1 atom stereocenters. The van der Waals surface area contributed by atoms with Crippen molar-refractivity contribution in [3.8, 4) is 17.2 Å². The van der Waals surface area contributed by atoms with E-state index in [1.165, 1.54) is 0 Å². The van der Waals surface area contributed by atoms with Crippen LogP contribution < -0.4 is 14.2 Å². The van der Waals surface area contributed by atoms with Crippen molar-refractivity contribution in [2.24, 2.45) is 0 Å². The molecular weight excluding hydrogens is 268 g/mol. The molecule has 4 nitrogen and oxygen atoms in total. The van der Waals surface area contributed by atoms with Gasteiger partial charge in [0.2, 0.25) is 6.10 Å². The molecule has 0 saturated heterocycles. The van der Waals surface area contributed by atoms with E-state index in [1.807, 2.05) is 44.2 Å². The van der Waals surface area contributed by atoms with Crippen molar-refractivity contribution in [1.82, 2.24) is 0 Å². The Morgan fingerprint density at radius 3 is 2.48 bits per heavy atom. The number of rotatable bonds is 2. The van der Waals surface area contributed by atoms with Gasteiger partial charge in [-0.3, -0.25) is 0 Å². The van der Waals surface area contributed by atoms with Crippen LogP contribution in [0.2, 0.25) is 0 Å². The smallest absolute Gasteiger partial charge is 0.356 e. The molecule has 0 saturated carbocycles. The van der Waals surface area contributed by atoms with Gasteiger partial charge in [0.25, 0.3) is 0 Å². The summed E-state index contributed by atoms with van der Waals surface area (Å²) >= 11 is 0. The largest absolute Gasteiger partial charge is 0.485 e. The van der Waals surface area contributed by atoms with Crippen LogP contribution in [0.25, 0.3) is 0 Å². The minimum Gasteiger partial charge on any atom is -0.485 e. The number of esters is 1. The molecule has 2 aromatic rings. The summed E-state index contributed by atoms with van der Waals surface area (Å²) in [5.41, 5.74) is 2.09. The second kappa shape index (κ2) is 5.48. The van der Waals surface area contributed by atoms with Crippen LogP contribution in [0.1, 0.15) is 11.1 Å². The Morgan fingerprint density at radius 1 is 1.10 bits per heavy atom. The van der Waals surface area contributed by atoms with Gasteiger partial charge in [0.1, 0.15) is 12.4 Å². The predicted molar refractivity (Wildman–Crippen MR) is 77.9 cm³/mol. The highest BCUT2D eigenvalue weighted by Crippen LogP contribution is 2.31. The average Bonchev–Trinajstić information content (AvgIpc) is 2.45. The molecule has 0 fully saturated rings. The topological polar surface area (TPSA) is 44.8 Å². The summed E-state index contributed by atoms with van der Waals surface area (Å²) in [6.07, 6.45) is -0.749. The molecular formula is C17H16O4. The number of benzene rings is 2. The van der Waals surface area contributed by atoms with Crippen molar-refractivity contribution in [2.75, 3.05) is 6.61 Å². The first-order valence-corrected chi connectivity index (χ1v) is 6.80. The molecule has 0 bridgehead atoms. The van der Waals surface area contributed by atoms with Crippen molar-refractivity contribution in [1.29, 1.82) is 0 Å². The highest BCUT2D eigenvalue weighted by Gasteiger charge is 2.29. The molecule has 108 valence electrons. The Hall–Kier alpha value is -2.49. The zero-order valence-corrected chi connectivity index (χ0v) is 12.0. The van der Waals surface area contributed by atoms with E-state index in [2.05, 4.69) is 0 Å². The average molecular weight is 284 g/mol. The van der Waals surface area contributed by atoms with Gasteiger partial charge in [-0.2, -0.15) is 0 Å². The molecule has 1 aliphatic rings. The normalized spacial score (nSPS) is 16.4. The van der Waals surface area contributed by atoms with Crippen molar-refractivity contribution < 1.29 is 19.0 Å². The Labute approximate surface area is 123 Å². The fraction of sp³-hybridized carbons (Fsp3) is 0.235. The maximum Gasteiger partial charge on any atom is 0.356 e. The van der Waals surface area contributed by atoms with Gasteiger partial charge in [-0.05, 0) is 49.2 Å². The van der Waals surface area contributed by atoms with Crippen LogP contribution in [0, 0.1) is 13.8 Å².